The van der Waals surface area contributed by atoms with Gasteiger partial charge in [-0.3, -0.25) is 4.68 Å². The van der Waals surface area contributed by atoms with Crippen LogP contribution in [0.4, 0.5) is 0 Å². The summed E-state index contributed by atoms with van der Waals surface area (Å²) in [4.78, 5) is 8.71. The SMILES string of the molecule is Cc1nn(C)c2c1nc(C(C)Cl)n2CCn1ccnc1. The predicted molar refractivity (Wildman–Crippen MR) is 77.7 cm³/mol. The van der Waals surface area contributed by atoms with E-state index in [1.54, 1.807) is 6.20 Å². The van der Waals surface area contributed by atoms with E-state index in [4.69, 9.17) is 11.6 Å². The third-order valence-electron chi connectivity index (χ3n) is 3.42. The Labute approximate surface area is 122 Å². The summed E-state index contributed by atoms with van der Waals surface area (Å²) in [6, 6.07) is 0. The van der Waals surface area contributed by atoms with Crippen LogP contribution in [0.25, 0.3) is 11.2 Å². The number of hydrogen-bond acceptors (Lipinski definition) is 3. The van der Waals surface area contributed by atoms with Crippen LogP contribution >= 0.6 is 11.6 Å². The first kappa shape index (κ1) is 13.2. The molecule has 7 heteroatoms. The molecule has 20 heavy (non-hydrogen) atoms. The van der Waals surface area contributed by atoms with Gasteiger partial charge in [-0.25, -0.2) is 9.97 Å². The molecule has 3 aromatic heterocycles. The minimum atomic E-state index is -0.135. The minimum Gasteiger partial charge on any atom is -0.336 e. The van der Waals surface area contributed by atoms with Crippen LogP contribution in [0.1, 0.15) is 23.8 Å². The van der Waals surface area contributed by atoms with Crippen LogP contribution in [-0.4, -0.2) is 28.9 Å². The summed E-state index contributed by atoms with van der Waals surface area (Å²) in [5.41, 5.74) is 2.88. The highest BCUT2D eigenvalue weighted by atomic mass is 35.5. The maximum absolute atomic E-state index is 6.27. The van der Waals surface area contributed by atoms with Gasteiger partial charge < -0.3 is 9.13 Å². The Morgan fingerprint density at radius 3 is 2.80 bits per heavy atom. The van der Waals surface area contributed by atoms with E-state index in [0.29, 0.717) is 0 Å². The number of hydrogen-bond donors (Lipinski definition) is 0. The zero-order valence-corrected chi connectivity index (χ0v) is 12.5. The fraction of sp³-hybridized carbons (Fsp3) is 0.462. The molecule has 0 radical (unpaired) electrons. The first-order chi connectivity index (χ1) is 9.58. The van der Waals surface area contributed by atoms with Crippen molar-refractivity contribution in [2.24, 2.45) is 7.05 Å². The highest BCUT2D eigenvalue weighted by molar-refractivity contribution is 6.20. The topological polar surface area (TPSA) is 53.5 Å². The molecule has 0 spiro atoms. The van der Waals surface area contributed by atoms with Crippen molar-refractivity contribution < 1.29 is 0 Å². The molecule has 3 heterocycles. The molecule has 0 fully saturated rings. The number of imidazole rings is 2. The summed E-state index contributed by atoms with van der Waals surface area (Å²) in [5.74, 6) is 0.887. The quantitative estimate of drug-likeness (QED) is 0.693. The van der Waals surface area contributed by atoms with E-state index in [9.17, 15) is 0 Å². The van der Waals surface area contributed by atoms with Gasteiger partial charge in [0.25, 0.3) is 0 Å². The van der Waals surface area contributed by atoms with E-state index >= 15 is 0 Å². The zero-order chi connectivity index (χ0) is 14.3. The molecule has 106 valence electrons. The Morgan fingerprint density at radius 1 is 1.35 bits per heavy atom. The van der Waals surface area contributed by atoms with Gasteiger partial charge >= 0.3 is 0 Å². The van der Waals surface area contributed by atoms with E-state index in [1.165, 1.54) is 0 Å². The lowest BCUT2D eigenvalue weighted by molar-refractivity contribution is 0.557. The second kappa shape index (κ2) is 4.94. The normalized spacial score (nSPS) is 13.2. The fourth-order valence-electron chi connectivity index (χ4n) is 2.51. The predicted octanol–water partition coefficient (Wildman–Crippen LogP) is 2.27. The van der Waals surface area contributed by atoms with Crippen molar-refractivity contribution in [1.29, 1.82) is 0 Å². The second-order valence-electron chi connectivity index (χ2n) is 4.92. The van der Waals surface area contributed by atoms with Crippen LogP contribution in [0.3, 0.4) is 0 Å². The van der Waals surface area contributed by atoms with E-state index in [1.807, 2.05) is 42.7 Å². The van der Waals surface area contributed by atoms with Gasteiger partial charge in [-0.15, -0.1) is 11.6 Å². The highest BCUT2D eigenvalue weighted by Gasteiger charge is 2.19. The van der Waals surface area contributed by atoms with Crippen LogP contribution in [-0.2, 0) is 20.1 Å². The average molecular weight is 293 g/mol. The number of nitrogens with zero attached hydrogens (tertiary/aromatic N) is 6. The molecule has 1 atom stereocenters. The van der Waals surface area contributed by atoms with Crippen molar-refractivity contribution in [2.75, 3.05) is 0 Å². The Balaban J connectivity index is 2.04. The lowest BCUT2D eigenvalue weighted by Gasteiger charge is -2.11. The van der Waals surface area contributed by atoms with Crippen LogP contribution < -0.4 is 0 Å². The molecule has 0 aromatic carbocycles. The minimum absolute atomic E-state index is 0.135. The van der Waals surface area contributed by atoms with Gasteiger partial charge in [0.05, 0.1) is 17.4 Å². The largest absolute Gasteiger partial charge is 0.336 e. The van der Waals surface area contributed by atoms with Gasteiger partial charge in [0.15, 0.2) is 5.65 Å². The molecule has 0 N–H and O–H groups in total. The number of aromatic nitrogens is 6. The summed E-state index contributed by atoms with van der Waals surface area (Å²) in [5, 5.41) is 4.29. The highest BCUT2D eigenvalue weighted by Crippen LogP contribution is 2.26. The van der Waals surface area contributed by atoms with Gasteiger partial charge in [0.2, 0.25) is 0 Å². The summed E-state index contributed by atoms with van der Waals surface area (Å²) in [6.45, 7) is 5.53. The molecule has 3 aromatic rings. The molecule has 1 unspecified atom stereocenters. The molecule has 0 amide bonds. The molecule has 6 nitrogen and oxygen atoms in total. The molecule has 0 bridgehead atoms. The lowest BCUT2D eigenvalue weighted by atomic mass is 10.4. The van der Waals surface area contributed by atoms with Crippen LogP contribution in [0.2, 0.25) is 0 Å². The standard InChI is InChI=1S/C13H17ClN6/c1-9(14)12-16-11-10(2)17-18(3)13(11)20(12)7-6-19-5-4-15-8-19/h4-5,8-9H,6-7H2,1-3H3. The number of rotatable bonds is 4. The van der Waals surface area contributed by atoms with Gasteiger partial charge in [0, 0.05) is 32.5 Å². The van der Waals surface area contributed by atoms with Gasteiger partial charge in [-0.2, -0.15) is 5.10 Å². The smallest absolute Gasteiger partial charge is 0.158 e. The van der Waals surface area contributed by atoms with E-state index in [0.717, 1.165) is 35.8 Å². The monoisotopic (exact) mass is 292 g/mol. The van der Waals surface area contributed by atoms with Crippen molar-refractivity contribution in [3.8, 4) is 0 Å². The number of halogens is 1. The lowest BCUT2D eigenvalue weighted by Crippen LogP contribution is -2.12. The second-order valence-corrected chi connectivity index (χ2v) is 5.57. The van der Waals surface area contributed by atoms with Crippen LogP contribution in [0, 0.1) is 6.92 Å². The third kappa shape index (κ3) is 2.10. The van der Waals surface area contributed by atoms with Crippen molar-refractivity contribution in [3.63, 3.8) is 0 Å². The van der Waals surface area contributed by atoms with E-state index in [-0.39, 0.29) is 5.38 Å². The third-order valence-corrected chi connectivity index (χ3v) is 3.61. The Kier molecular flexibility index (Phi) is 3.25. The van der Waals surface area contributed by atoms with E-state index in [2.05, 4.69) is 19.6 Å². The van der Waals surface area contributed by atoms with Crippen molar-refractivity contribution >= 4 is 22.8 Å². The molecule has 0 saturated heterocycles. The van der Waals surface area contributed by atoms with Crippen LogP contribution in [0.5, 0.6) is 0 Å². The first-order valence-electron chi connectivity index (χ1n) is 6.57. The van der Waals surface area contributed by atoms with E-state index < -0.39 is 0 Å². The number of fused-ring (bicyclic) bond motifs is 1. The molecule has 0 aliphatic heterocycles. The number of aryl methyl sites for hydroxylation is 4. The summed E-state index contributed by atoms with van der Waals surface area (Å²) >= 11 is 6.27. The molecule has 0 aliphatic carbocycles. The Hall–Kier alpha value is -1.82. The maximum Gasteiger partial charge on any atom is 0.158 e. The molecular weight excluding hydrogens is 276 g/mol. The number of alkyl halides is 1. The molecular formula is C13H17ClN6. The van der Waals surface area contributed by atoms with Gasteiger partial charge in [-0.05, 0) is 13.8 Å². The van der Waals surface area contributed by atoms with Crippen molar-refractivity contribution in [2.45, 2.75) is 32.3 Å². The van der Waals surface area contributed by atoms with Gasteiger partial charge in [-0.1, -0.05) is 0 Å². The average Bonchev–Trinajstić information content (AvgIpc) is 3.07. The molecule has 0 aliphatic rings. The first-order valence-corrected chi connectivity index (χ1v) is 7.01. The van der Waals surface area contributed by atoms with Gasteiger partial charge in [0.1, 0.15) is 11.3 Å². The van der Waals surface area contributed by atoms with Crippen molar-refractivity contribution in [1.82, 2.24) is 28.9 Å². The maximum atomic E-state index is 6.27. The van der Waals surface area contributed by atoms with Crippen molar-refractivity contribution in [3.05, 3.63) is 30.2 Å². The Morgan fingerprint density at radius 2 is 2.15 bits per heavy atom. The molecule has 3 rings (SSSR count). The summed E-state index contributed by atoms with van der Waals surface area (Å²) in [7, 11) is 1.94. The Bertz CT molecular complexity index is 722. The zero-order valence-electron chi connectivity index (χ0n) is 11.8. The fourth-order valence-corrected chi connectivity index (χ4v) is 2.68. The summed E-state index contributed by atoms with van der Waals surface area (Å²) < 4.78 is 6.05. The van der Waals surface area contributed by atoms with Crippen LogP contribution in [0.15, 0.2) is 18.7 Å². The summed E-state index contributed by atoms with van der Waals surface area (Å²) in [6.07, 6.45) is 5.54. The molecule has 0 saturated carbocycles.